The molecule has 0 spiro atoms. The lowest BCUT2D eigenvalue weighted by atomic mass is 10.1. The van der Waals surface area contributed by atoms with Gasteiger partial charge in [-0.1, -0.05) is 30.3 Å². The Balaban J connectivity index is 2.15. The zero-order valence-corrected chi connectivity index (χ0v) is 12.9. The molecular formula is C16H16O4Si. The maximum Gasteiger partial charge on any atom is 0.335 e. The van der Waals surface area contributed by atoms with Crippen LogP contribution in [0.15, 0.2) is 54.6 Å². The zero-order valence-electron chi connectivity index (χ0n) is 11.9. The van der Waals surface area contributed by atoms with Gasteiger partial charge in [-0.05, 0) is 42.5 Å². The van der Waals surface area contributed by atoms with E-state index in [4.69, 9.17) is 9.53 Å². The molecule has 5 heteroatoms. The molecular weight excluding hydrogens is 284 g/mol. The molecule has 0 heterocycles. The first-order valence-electron chi connectivity index (χ1n) is 6.52. The molecule has 0 bridgehead atoms. The molecule has 21 heavy (non-hydrogen) atoms. The molecule has 2 aromatic rings. The smallest absolute Gasteiger partial charge is 0.335 e. The van der Waals surface area contributed by atoms with Gasteiger partial charge in [0, 0.05) is 0 Å². The summed E-state index contributed by atoms with van der Waals surface area (Å²) in [5.74, 6) is -1.44. The molecule has 0 fully saturated rings. The quantitative estimate of drug-likeness (QED) is 0.882. The normalized spacial score (nSPS) is 11.0. The number of carbonyl (C=O) groups is 2. The Morgan fingerprint density at radius 1 is 0.905 bits per heavy atom. The van der Waals surface area contributed by atoms with E-state index in [0.717, 1.165) is 5.19 Å². The highest BCUT2D eigenvalue weighted by Crippen LogP contribution is 2.11. The Labute approximate surface area is 124 Å². The van der Waals surface area contributed by atoms with Crippen molar-refractivity contribution < 1.29 is 19.1 Å². The van der Waals surface area contributed by atoms with Gasteiger partial charge < -0.3 is 9.53 Å². The second kappa shape index (κ2) is 5.93. The fourth-order valence-electron chi connectivity index (χ4n) is 1.94. The first kappa shape index (κ1) is 15.0. The van der Waals surface area contributed by atoms with E-state index in [9.17, 15) is 9.59 Å². The Morgan fingerprint density at radius 2 is 1.43 bits per heavy atom. The molecule has 0 aliphatic rings. The SMILES string of the molecule is C[Si](C)(OC(=O)c1ccc(C(=O)O)cc1)c1ccccc1. The Morgan fingerprint density at radius 3 is 1.95 bits per heavy atom. The minimum Gasteiger partial charge on any atom is -0.512 e. The molecule has 2 rings (SSSR count). The van der Waals surface area contributed by atoms with Gasteiger partial charge in [0.2, 0.25) is 0 Å². The van der Waals surface area contributed by atoms with E-state index in [-0.39, 0.29) is 5.56 Å². The maximum atomic E-state index is 12.2. The van der Waals surface area contributed by atoms with Gasteiger partial charge in [-0.2, -0.15) is 0 Å². The molecule has 108 valence electrons. The first-order valence-corrected chi connectivity index (χ1v) is 9.43. The van der Waals surface area contributed by atoms with Crippen LogP contribution in [-0.4, -0.2) is 25.4 Å². The molecule has 0 aliphatic carbocycles. The lowest BCUT2D eigenvalue weighted by molar-refractivity contribution is 0.0690. The van der Waals surface area contributed by atoms with Crippen molar-refractivity contribution in [2.45, 2.75) is 13.1 Å². The minimum atomic E-state index is -2.33. The van der Waals surface area contributed by atoms with Gasteiger partial charge in [0.25, 0.3) is 8.32 Å². The molecule has 4 nitrogen and oxygen atoms in total. The van der Waals surface area contributed by atoms with Crippen molar-refractivity contribution >= 4 is 25.4 Å². The second-order valence-corrected chi connectivity index (χ2v) is 8.95. The average Bonchev–Trinajstić information content (AvgIpc) is 2.48. The van der Waals surface area contributed by atoms with Crippen LogP contribution in [0.3, 0.4) is 0 Å². The summed E-state index contributed by atoms with van der Waals surface area (Å²) in [5.41, 5.74) is 0.502. The molecule has 0 unspecified atom stereocenters. The molecule has 0 amide bonds. The molecule has 0 saturated heterocycles. The maximum absolute atomic E-state index is 12.2. The second-order valence-electron chi connectivity index (χ2n) is 5.15. The van der Waals surface area contributed by atoms with Crippen molar-refractivity contribution in [2.75, 3.05) is 0 Å². The monoisotopic (exact) mass is 300 g/mol. The number of aromatic carboxylic acids is 1. The van der Waals surface area contributed by atoms with Crippen molar-refractivity contribution in [3.05, 3.63) is 65.7 Å². The van der Waals surface area contributed by atoms with Crippen LogP contribution < -0.4 is 5.19 Å². The standard InChI is InChI=1S/C16H16O4Si/c1-21(2,14-6-4-3-5-7-14)20-16(19)13-10-8-12(9-11-13)15(17)18/h3-11H,1-2H3,(H,17,18). The number of carboxylic acids is 1. The molecule has 0 saturated carbocycles. The summed E-state index contributed by atoms with van der Waals surface area (Å²) in [5, 5.41) is 9.87. The van der Waals surface area contributed by atoms with Gasteiger partial charge in [-0.25, -0.2) is 9.59 Å². The fraction of sp³-hybridized carbons (Fsp3) is 0.125. The summed E-state index contributed by atoms with van der Waals surface area (Å²) in [6, 6.07) is 15.4. The summed E-state index contributed by atoms with van der Waals surface area (Å²) in [6.45, 7) is 3.90. The van der Waals surface area contributed by atoms with E-state index >= 15 is 0 Å². The van der Waals surface area contributed by atoms with E-state index in [0.29, 0.717) is 5.56 Å². The van der Waals surface area contributed by atoms with Crippen molar-refractivity contribution in [3.63, 3.8) is 0 Å². The number of hydrogen-bond donors (Lipinski definition) is 1. The lowest BCUT2D eigenvalue weighted by Crippen LogP contribution is -2.46. The number of carbonyl (C=O) groups excluding carboxylic acids is 1. The lowest BCUT2D eigenvalue weighted by Gasteiger charge is -2.23. The average molecular weight is 300 g/mol. The van der Waals surface area contributed by atoms with Crippen molar-refractivity contribution in [3.8, 4) is 0 Å². The van der Waals surface area contributed by atoms with Gasteiger partial charge in [-0.15, -0.1) is 0 Å². The third-order valence-electron chi connectivity index (χ3n) is 3.18. The number of benzene rings is 2. The third kappa shape index (κ3) is 3.58. The highest BCUT2D eigenvalue weighted by Gasteiger charge is 2.29. The van der Waals surface area contributed by atoms with Crippen LogP contribution in [-0.2, 0) is 4.43 Å². The molecule has 0 atom stereocenters. The predicted molar refractivity (Wildman–Crippen MR) is 82.4 cm³/mol. The van der Waals surface area contributed by atoms with Crippen LogP contribution in [0.5, 0.6) is 0 Å². The first-order chi connectivity index (χ1) is 9.90. The Kier molecular flexibility index (Phi) is 4.23. The van der Waals surface area contributed by atoms with E-state index in [2.05, 4.69) is 0 Å². The van der Waals surface area contributed by atoms with Gasteiger partial charge in [0.05, 0.1) is 11.1 Å². The van der Waals surface area contributed by atoms with Gasteiger partial charge >= 0.3 is 11.9 Å². The molecule has 0 radical (unpaired) electrons. The number of hydrogen-bond acceptors (Lipinski definition) is 3. The summed E-state index contributed by atoms with van der Waals surface area (Å²) in [4.78, 5) is 23.0. The summed E-state index contributed by atoms with van der Waals surface area (Å²) in [6.07, 6.45) is 0. The highest BCUT2D eigenvalue weighted by molar-refractivity contribution is 6.85. The molecule has 1 N–H and O–H groups in total. The van der Waals surface area contributed by atoms with Crippen LogP contribution in [0.2, 0.25) is 13.1 Å². The van der Waals surface area contributed by atoms with E-state index in [1.807, 2.05) is 43.4 Å². The largest absolute Gasteiger partial charge is 0.512 e. The highest BCUT2D eigenvalue weighted by atomic mass is 28.4. The fourth-order valence-corrected chi connectivity index (χ4v) is 3.63. The van der Waals surface area contributed by atoms with E-state index in [1.54, 1.807) is 0 Å². The van der Waals surface area contributed by atoms with Crippen LogP contribution in [0.1, 0.15) is 20.7 Å². The third-order valence-corrected chi connectivity index (χ3v) is 5.60. The Hall–Kier alpha value is -2.40. The summed E-state index contributed by atoms with van der Waals surface area (Å²) in [7, 11) is -2.33. The van der Waals surface area contributed by atoms with E-state index < -0.39 is 20.3 Å². The predicted octanol–water partition coefficient (Wildman–Crippen LogP) is 2.65. The van der Waals surface area contributed by atoms with Gasteiger partial charge in [-0.3, -0.25) is 0 Å². The van der Waals surface area contributed by atoms with Crippen LogP contribution in [0, 0.1) is 0 Å². The zero-order chi connectivity index (χ0) is 15.5. The van der Waals surface area contributed by atoms with Crippen molar-refractivity contribution in [1.29, 1.82) is 0 Å². The van der Waals surface area contributed by atoms with Gasteiger partial charge in [0.1, 0.15) is 0 Å². The van der Waals surface area contributed by atoms with Crippen molar-refractivity contribution in [1.82, 2.24) is 0 Å². The van der Waals surface area contributed by atoms with Gasteiger partial charge in [0.15, 0.2) is 0 Å². The topological polar surface area (TPSA) is 63.6 Å². The van der Waals surface area contributed by atoms with Crippen LogP contribution in [0.4, 0.5) is 0 Å². The van der Waals surface area contributed by atoms with Crippen LogP contribution >= 0.6 is 0 Å². The number of carboxylic acid groups (broad SMARTS) is 1. The molecule has 0 aliphatic heterocycles. The van der Waals surface area contributed by atoms with Crippen molar-refractivity contribution in [2.24, 2.45) is 0 Å². The van der Waals surface area contributed by atoms with Crippen LogP contribution in [0.25, 0.3) is 0 Å². The Bertz CT molecular complexity index is 648. The summed E-state index contributed by atoms with van der Waals surface area (Å²) < 4.78 is 5.66. The summed E-state index contributed by atoms with van der Waals surface area (Å²) >= 11 is 0. The van der Waals surface area contributed by atoms with E-state index in [1.165, 1.54) is 24.3 Å². The molecule has 0 aromatic heterocycles. The molecule has 2 aromatic carbocycles. The number of rotatable bonds is 4. The minimum absolute atomic E-state index is 0.145.